The van der Waals surface area contributed by atoms with Crippen LogP contribution in [0.5, 0.6) is 0 Å². The summed E-state index contributed by atoms with van der Waals surface area (Å²) in [6, 6.07) is 62.6. The Morgan fingerprint density at radius 2 is 0.981 bits per heavy atom. The topological polar surface area (TPSA) is 49.6 Å². The molecule has 0 spiro atoms. The Morgan fingerprint density at radius 3 is 1.74 bits per heavy atom. The van der Waals surface area contributed by atoms with Gasteiger partial charge in [-0.05, 0) is 73.0 Å². The average Bonchev–Trinajstić information content (AvgIpc) is 3.79. The summed E-state index contributed by atoms with van der Waals surface area (Å²) in [5, 5.41) is 12.3. The first-order valence-corrected chi connectivity index (χ1v) is 18.2. The molecule has 0 saturated carbocycles. The molecule has 2 unspecified atom stereocenters. The highest BCUT2D eigenvalue weighted by Gasteiger charge is 2.29. The Hall–Kier alpha value is -6.75. The predicted molar refractivity (Wildman–Crippen MR) is 218 cm³/mol. The van der Waals surface area contributed by atoms with E-state index in [-0.39, 0.29) is 12.3 Å². The maximum atomic E-state index is 6.65. The van der Waals surface area contributed by atoms with Crippen LogP contribution < -0.4 is 10.6 Å². The van der Waals surface area contributed by atoms with Crippen molar-refractivity contribution >= 4 is 38.5 Å². The molecule has 8 aromatic carbocycles. The molecule has 1 aliphatic heterocycles. The number of amidine groups is 1. The molecule has 2 N–H and O–H groups in total. The van der Waals surface area contributed by atoms with Crippen molar-refractivity contribution in [3.05, 3.63) is 193 Å². The molecule has 250 valence electrons. The van der Waals surface area contributed by atoms with Crippen LogP contribution in [0.2, 0.25) is 0 Å². The summed E-state index contributed by atoms with van der Waals surface area (Å²) in [6.07, 6.45) is -0.520. The van der Waals surface area contributed by atoms with Crippen molar-refractivity contribution in [1.29, 1.82) is 0 Å². The molecule has 1 aromatic heterocycles. The van der Waals surface area contributed by atoms with Crippen LogP contribution in [-0.2, 0) is 0 Å². The normalized spacial score (nSPS) is 16.1. The van der Waals surface area contributed by atoms with Gasteiger partial charge in [-0.1, -0.05) is 164 Å². The summed E-state index contributed by atoms with van der Waals surface area (Å²) in [5.41, 5.74) is 14.9. The number of nitrogens with zero attached hydrogens (tertiary/aromatic N) is 1. The molecule has 0 fully saturated rings. The first kappa shape index (κ1) is 29.9. The largest absolute Gasteiger partial charge is 0.456 e. The number of nitrogens with one attached hydrogen (secondary N) is 2. The lowest BCUT2D eigenvalue weighted by Crippen LogP contribution is -2.45. The molecule has 4 nitrogen and oxygen atoms in total. The number of benzene rings is 8. The van der Waals surface area contributed by atoms with Gasteiger partial charge in [-0.2, -0.15) is 0 Å². The van der Waals surface area contributed by atoms with E-state index in [1.807, 2.05) is 6.07 Å². The van der Waals surface area contributed by atoms with Gasteiger partial charge in [0.25, 0.3) is 0 Å². The van der Waals surface area contributed by atoms with Gasteiger partial charge >= 0.3 is 0 Å². The van der Waals surface area contributed by atoms with E-state index in [1.54, 1.807) is 0 Å². The van der Waals surface area contributed by atoms with E-state index in [0.29, 0.717) is 0 Å². The Bertz CT molecular complexity index is 2860. The molecule has 2 atom stereocenters. The fraction of sp³-hybridized carbons (Fsp3) is 0.0408. The van der Waals surface area contributed by atoms with E-state index < -0.39 is 0 Å². The first-order chi connectivity index (χ1) is 26.3. The van der Waals surface area contributed by atoms with E-state index in [9.17, 15) is 0 Å². The Morgan fingerprint density at radius 1 is 0.415 bits per heavy atom. The molecular formula is C49H33N3O. The van der Waals surface area contributed by atoms with Crippen molar-refractivity contribution < 1.29 is 4.42 Å². The molecular weight excluding hydrogens is 647 g/mol. The third-order valence-corrected chi connectivity index (χ3v) is 10.9. The van der Waals surface area contributed by atoms with Gasteiger partial charge in [-0.25, -0.2) is 4.99 Å². The third-order valence-electron chi connectivity index (χ3n) is 10.9. The lowest BCUT2D eigenvalue weighted by molar-refractivity contribution is 0.410. The van der Waals surface area contributed by atoms with Crippen molar-refractivity contribution in [1.82, 2.24) is 10.6 Å². The Balaban J connectivity index is 1.08. The van der Waals surface area contributed by atoms with Crippen LogP contribution >= 0.6 is 0 Å². The zero-order valence-corrected chi connectivity index (χ0v) is 28.8. The maximum Gasteiger partial charge on any atom is 0.136 e. The lowest BCUT2D eigenvalue weighted by atomic mass is 9.91. The zero-order chi connectivity index (χ0) is 34.9. The standard InChI is InChI=1S/C49H33N3O/c1-3-12-30(13-4-1)31-24-26-33(27-25-31)48-50-47(32-14-5-2-6-15-32)51-49(52-48)41-21-11-23-43-46(41)45-39(20-10-22-42(45)53-43)36-28-29-40-35-17-8-7-16-34(35)37-18-9-19-38(36)44(37)40/h1-29,48-49,52H,(H,50,51). The average molecular weight is 680 g/mol. The van der Waals surface area contributed by atoms with Gasteiger partial charge in [0.1, 0.15) is 29.3 Å². The van der Waals surface area contributed by atoms with Gasteiger partial charge in [-0.15, -0.1) is 0 Å². The Labute approximate surface area is 307 Å². The van der Waals surface area contributed by atoms with E-state index >= 15 is 0 Å². The van der Waals surface area contributed by atoms with Crippen molar-refractivity contribution in [2.45, 2.75) is 12.3 Å². The lowest BCUT2D eigenvalue weighted by Gasteiger charge is -2.32. The van der Waals surface area contributed by atoms with Crippen LogP contribution in [0.25, 0.3) is 77.2 Å². The smallest absolute Gasteiger partial charge is 0.136 e. The highest BCUT2D eigenvalue weighted by atomic mass is 16.3. The summed E-state index contributed by atoms with van der Waals surface area (Å²) in [5.74, 6) is 0.851. The van der Waals surface area contributed by atoms with Gasteiger partial charge in [0, 0.05) is 21.9 Å². The third kappa shape index (κ3) is 4.77. The van der Waals surface area contributed by atoms with E-state index in [0.717, 1.165) is 50.0 Å². The molecule has 1 aliphatic carbocycles. The molecule has 53 heavy (non-hydrogen) atoms. The number of fused-ring (bicyclic) bond motifs is 6. The number of aliphatic imine (C=N–C) groups is 1. The first-order valence-electron chi connectivity index (χ1n) is 18.2. The SMILES string of the molecule is c1ccc(C2=NC(c3cccc4oc5cccc(-c6ccc7c8c(cccc68)-c6ccccc6-7)c5c34)NC(c3ccc(-c4ccccc4)cc3)N2)cc1. The van der Waals surface area contributed by atoms with Crippen LogP contribution in [0.15, 0.2) is 185 Å². The quantitative estimate of drug-likeness (QED) is 0.190. The maximum absolute atomic E-state index is 6.65. The second-order valence-electron chi connectivity index (χ2n) is 13.9. The summed E-state index contributed by atoms with van der Waals surface area (Å²) in [4.78, 5) is 5.36. The van der Waals surface area contributed by atoms with E-state index in [1.165, 1.54) is 49.7 Å². The molecule has 0 amide bonds. The van der Waals surface area contributed by atoms with Crippen molar-refractivity contribution in [2.24, 2.45) is 4.99 Å². The summed E-state index contributed by atoms with van der Waals surface area (Å²) >= 11 is 0. The molecule has 11 rings (SSSR count). The fourth-order valence-electron chi connectivity index (χ4n) is 8.52. The molecule has 0 bridgehead atoms. The molecule has 2 aliphatic rings. The highest BCUT2D eigenvalue weighted by Crippen LogP contribution is 2.50. The van der Waals surface area contributed by atoms with Gasteiger partial charge in [0.05, 0.1) is 0 Å². The van der Waals surface area contributed by atoms with Crippen LogP contribution in [0.4, 0.5) is 0 Å². The van der Waals surface area contributed by atoms with Crippen LogP contribution in [0, 0.1) is 0 Å². The van der Waals surface area contributed by atoms with Crippen LogP contribution in [-0.4, -0.2) is 5.84 Å². The molecule has 9 aromatic rings. The summed E-state index contributed by atoms with van der Waals surface area (Å²) in [6.45, 7) is 0. The summed E-state index contributed by atoms with van der Waals surface area (Å²) in [7, 11) is 0. The predicted octanol–water partition coefficient (Wildman–Crippen LogP) is 12.1. The number of rotatable bonds is 5. The molecule has 0 saturated heterocycles. The van der Waals surface area contributed by atoms with Gasteiger partial charge in [-0.3, -0.25) is 5.32 Å². The monoisotopic (exact) mass is 679 g/mol. The number of hydrogen-bond donors (Lipinski definition) is 2. The van der Waals surface area contributed by atoms with Gasteiger partial charge in [0.2, 0.25) is 0 Å². The molecule has 0 radical (unpaired) electrons. The van der Waals surface area contributed by atoms with Crippen molar-refractivity contribution in [3.8, 4) is 44.5 Å². The van der Waals surface area contributed by atoms with Crippen LogP contribution in [0.1, 0.15) is 29.0 Å². The van der Waals surface area contributed by atoms with Crippen LogP contribution in [0.3, 0.4) is 0 Å². The van der Waals surface area contributed by atoms with E-state index in [4.69, 9.17) is 9.41 Å². The second kappa shape index (κ2) is 11.9. The minimum Gasteiger partial charge on any atom is -0.456 e. The fourth-order valence-corrected chi connectivity index (χ4v) is 8.52. The van der Waals surface area contributed by atoms with Gasteiger partial charge in [0.15, 0.2) is 0 Å². The minimum atomic E-state index is -0.342. The number of furan rings is 1. The minimum absolute atomic E-state index is 0.177. The molecule has 4 heteroatoms. The number of hydrogen-bond acceptors (Lipinski definition) is 4. The van der Waals surface area contributed by atoms with Crippen molar-refractivity contribution in [3.63, 3.8) is 0 Å². The highest BCUT2D eigenvalue weighted by molar-refractivity contribution is 6.22. The van der Waals surface area contributed by atoms with Crippen molar-refractivity contribution in [2.75, 3.05) is 0 Å². The molecule has 2 heterocycles. The van der Waals surface area contributed by atoms with Gasteiger partial charge < -0.3 is 9.73 Å². The summed E-state index contributed by atoms with van der Waals surface area (Å²) < 4.78 is 6.65. The second-order valence-corrected chi connectivity index (χ2v) is 13.9. The zero-order valence-electron chi connectivity index (χ0n) is 28.8. The van der Waals surface area contributed by atoms with E-state index in [2.05, 4.69) is 180 Å². The Kier molecular flexibility index (Phi) is 6.73.